The normalized spacial score (nSPS) is 26.2. The molecule has 2 N–H and O–H groups in total. The van der Waals surface area contributed by atoms with E-state index < -0.39 is 0 Å². The van der Waals surface area contributed by atoms with Crippen LogP contribution in [0, 0.1) is 0 Å². The Labute approximate surface area is 109 Å². The van der Waals surface area contributed by atoms with Gasteiger partial charge in [0.25, 0.3) is 0 Å². The number of furan rings is 1. The Hall–Kier alpha value is -0.840. The molecule has 100 valence electrons. The molecule has 0 bridgehead atoms. The maximum absolute atomic E-state index is 5.61. The molecule has 2 aliphatic rings. The van der Waals surface area contributed by atoms with E-state index in [0.29, 0.717) is 6.54 Å². The van der Waals surface area contributed by atoms with Crippen molar-refractivity contribution in [2.75, 3.05) is 26.2 Å². The predicted molar refractivity (Wildman–Crippen MR) is 71.1 cm³/mol. The second-order valence-corrected chi connectivity index (χ2v) is 5.55. The number of nitrogens with two attached hydrogens (primary N) is 1. The molecule has 1 unspecified atom stereocenters. The quantitative estimate of drug-likeness (QED) is 0.880. The van der Waals surface area contributed by atoms with E-state index in [2.05, 4.69) is 15.9 Å². The Bertz CT molecular complexity index is 390. The first kappa shape index (κ1) is 12.2. The van der Waals surface area contributed by atoms with Crippen LogP contribution in [0.2, 0.25) is 0 Å². The van der Waals surface area contributed by atoms with Crippen LogP contribution >= 0.6 is 0 Å². The highest BCUT2D eigenvalue weighted by atomic mass is 16.3. The first-order chi connectivity index (χ1) is 8.85. The molecule has 2 aliphatic heterocycles. The molecular weight excluding hydrogens is 226 g/mol. The van der Waals surface area contributed by atoms with Crippen LogP contribution < -0.4 is 5.73 Å². The summed E-state index contributed by atoms with van der Waals surface area (Å²) in [7, 11) is 0. The largest absolute Gasteiger partial charge is 0.468 e. The van der Waals surface area contributed by atoms with Gasteiger partial charge in [-0.2, -0.15) is 0 Å². The molecule has 1 aromatic heterocycles. The molecule has 0 radical (unpaired) electrons. The molecule has 0 amide bonds. The maximum Gasteiger partial charge on any atom is 0.118 e. The van der Waals surface area contributed by atoms with Gasteiger partial charge in [-0.1, -0.05) is 0 Å². The van der Waals surface area contributed by atoms with Gasteiger partial charge in [0.1, 0.15) is 5.76 Å². The van der Waals surface area contributed by atoms with Crippen molar-refractivity contribution >= 4 is 0 Å². The summed E-state index contributed by atoms with van der Waals surface area (Å²) in [6, 6.07) is 2.87. The van der Waals surface area contributed by atoms with Crippen molar-refractivity contribution in [2.24, 2.45) is 5.73 Å². The molecule has 2 fully saturated rings. The first-order valence-corrected chi connectivity index (χ1v) is 7.08. The summed E-state index contributed by atoms with van der Waals surface area (Å²) in [4.78, 5) is 5.20. The molecule has 0 spiro atoms. The Morgan fingerprint density at radius 3 is 3.00 bits per heavy atom. The van der Waals surface area contributed by atoms with Crippen molar-refractivity contribution in [2.45, 2.75) is 38.4 Å². The van der Waals surface area contributed by atoms with Crippen molar-refractivity contribution in [1.29, 1.82) is 0 Å². The lowest BCUT2D eigenvalue weighted by Gasteiger charge is -2.24. The smallest absolute Gasteiger partial charge is 0.118 e. The Kier molecular flexibility index (Phi) is 3.68. The average Bonchev–Trinajstić information content (AvgIpc) is 2.96. The fourth-order valence-corrected chi connectivity index (χ4v) is 3.26. The molecule has 1 atom stereocenters. The lowest BCUT2D eigenvalue weighted by atomic mass is 10.2. The molecule has 0 aromatic carbocycles. The molecule has 3 heterocycles. The molecular formula is C14H23N3O. The van der Waals surface area contributed by atoms with E-state index in [1.807, 2.05) is 0 Å². The topological polar surface area (TPSA) is 45.6 Å². The van der Waals surface area contributed by atoms with Crippen LogP contribution in [0.5, 0.6) is 0 Å². The number of rotatable bonds is 3. The van der Waals surface area contributed by atoms with Crippen LogP contribution in [0.1, 0.15) is 30.6 Å². The Morgan fingerprint density at radius 1 is 1.28 bits per heavy atom. The lowest BCUT2D eigenvalue weighted by Crippen LogP contribution is -2.36. The van der Waals surface area contributed by atoms with Gasteiger partial charge in [0.2, 0.25) is 0 Å². The van der Waals surface area contributed by atoms with Crippen LogP contribution in [0.15, 0.2) is 16.7 Å². The molecule has 4 heteroatoms. The van der Waals surface area contributed by atoms with E-state index in [1.54, 1.807) is 6.26 Å². The van der Waals surface area contributed by atoms with E-state index in [4.69, 9.17) is 10.2 Å². The van der Waals surface area contributed by atoms with Crippen LogP contribution in [0.3, 0.4) is 0 Å². The van der Waals surface area contributed by atoms with Crippen molar-refractivity contribution in [1.82, 2.24) is 9.80 Å². The molecule has 0 saturated carbocycles. The zero-order valence-corrected chi connectivity index (χ0v) is 11.0. The van der Waals surface area contributed by atoms with Gasteiger partial charge in [-0.25, -0.2) is 0 Å². The van der Waals surface area contributed by atoms with E-state index in [-0.39, 0.29) is 0 Å². The highest BCUT2D eigenvalue weighted by Crippen LogP contribution is 2.22. The SMILES string of the molecule is NCc1coc(CN2CCCN3CCCC3C2)c1. The molecule has 18 heavy (non-hydrogen) atoms. The molecule has 2 saturated heterocycles. The van der Waals surface area contributed by atoms with Gasteiger partial charge in [0.15, 0.2) is 0 Å². The summed E-state index contributed by atoms with van der Waals surface area (Å²) in [5.41, 5.74) is 6.71. The first-order valence-electron chi connectivity index (χ1n) is 7.08. The van der Waals surface area contributed by atoms with Crippen LogP contribution in [0.25, 0.3) is 0 Å². The second kappa shape index (κ2) is 5.43. The number of hydrogen-bond donors (Lipinski definition) is 1. The highest BCUT2D eigenvalue weighted by molar-refractivity contribution is 5.12. The third kappa shape index (κ3) is 2.60. The van der Waals surface area contributed by atoms with E-state index in [1.165, 1.54) is 45.4 Å². The summed E-state index contributed by atoms with van der Waals surface area (Å²) < 4.78 is 5.58. The number of fused-ring (bicyclic) bond motifs is 1. The average molecular weight is 249 g/mol. The maximum atomic E-state index is 5.61. The molecule has 1 aromatic rings. The van der Waals surface area contributed by atoms with Crippen LogP contribution in [-0.4, -0.2) is 42.0 Å². The highest BCUT2D eigenvalue weighted by Gasteiger charge is 2.28. The third-order valence-electron chi connectivity index (χ3n) is 4.21. The van der Waals surface area contributed by atoms with Crippen LogP contribution in [0.4, 0.5) is 0 Å². The van der Waals surface area contributed by atoms with Gasteiger partial charge in [0, 0.05) is 24.7 Å². The van der Waals surface area contributed by atoms with Gasteiger partial charge in [0.05, 0.1) is 12.8 Å². The van der Waals surface area contributed by atoms with Gasteiger partial charge in [-0.15, -0.1) is 0 Å². The summed E-state index contributed by atoms with van der Waals surface area (Å²) in [5, 5.41) is 0. The van der Waals surface area contributed by atoms with E-state index in [0.717, 1.165) is 23.9 Å². The van der Waals surface area contributed by atoms with Gasteiger partial charge >= 0.3 is 0 Å². The van der Waals surface area contributed by atoms with Crippen LogP contribution in [-0.2, 0) is 13.1 Å². The minimum atomic E-state index is 0.569. The van der Waals surface area contributed by atoms with Gasteiger partial charge < -0.3 is 10.2 Å². The molecule has 4 nitrogen and oxygen atoms in total. The lowest BCUT2D eigenvalue weighted by molar-refractivity contribution is 0.205. The Morgan fingerprint density at radius 2 is 2.17 bits per heavy atom. The van der Waals surface area contributed by atoms with Crippen molar-refractivity contribution in [3.63, 3.8) is 0 Å². The van der Waals surface area contributed by atoms with Crippen molar-refractivity contribution in [3.8, 4) is 0 Å². The van der Waals surface area contributed by atoms with Gasteiger partial charge in [-0.3, -0.25) is 9.80 Å². The number of hydrogen-bond acceptors (Lipinski definition) is 4. The minimum absolute atomic E-state index is 0.569. The standard InChI is InChI=1S/C14H23N3O/c15-8-12-7-14(18-11-12)10-16-4-2-6-17-5-1-3-13(17)9-16/h7,11,13H,1-6,8-10,15H2. The van der Waals surface area contributed by atoms with Crippen molar-refractivity contribution < 1.29 is 4.42 Å². The second-order valence-electron chi connectivity index (χ2n) is 5.55. The Balaban J connectivity index is 1.61. The minimum Gasteiger partial charge on any atom is -0.468 e. The zero-order valence-electron chi connectivity index (χ0n) is 11.0. The van der Waals surface area contributed by atoms with Crippen molar-refractivity contribution in [3.05, 3.63) is 23.7 Å². The molecule has 0 aliphatic carbocycles. The van der Waals surface area contributed by atoms with Gasteiger partial charge in [-0.05, 0) is 45.0 Å². The van der Waals surface area contributed by atoms with E-state index >= 15 is 0 Å². The fourth-order valence-electron chi connectivity index (χ4n) is 3.26. The third-order valence-corrected chi connectivity index (χ3v) is 4.21. The zero-order chi connectivity index (χ0) is 12.4. The predicted octanol–water partition coefficient (Wildman–Crippen LogP) is 1.41. The summed E-state index contributed by atoms with van der Waals surface area (Å²) >= 11 is 0. The summed E-state index contributed by atoms with van der Waals surface area (Å²) in [6.07, 6.45) is 5.80. The summed E-state index contributed by atoms with van der Waals surface area (Å²) in [6.45, 7) is 6.46. The number of nitrogens with zero attached hydrogens (tertiary/aromatic N) is 2. The summed E-state index contributed by atoms with van der Waals surface area (Å²) in [5.74, 6) is 1.06. The molecule has 3 rings (SSSR count). The monoisotopic (exact) mass is 249 g/mol. The fraction of sp³-hybridized carbons (Fsp3) is 0.714. The van der Waals surface area contributed by atoms with E-state index in [9.17, 15) is 0 Å².